The second kappa shape index (κ2) is 8.37. The maximum absolute atomic E-state index is 12.5. The third kappa shape index (κ3) is 3.85. The Bertz CT molecular complexity index is 1200. The first-order valence-electron chi connectivity index (χ1n) is 9.31. The van der Waals surface area contributed by atoms with Gasteiger partial charge in [0.25, 0.3) is 0 Å². The second-order valence-corrected chi connectivity index (χ2v) is 7.25. The number of aromatic nitrogens is 3. The fraction of sp³-hybridized carbons (Fsp3) is 0.238. The van der Waals surface area contributed by atoms with E-state index in [1.165, 1.54) is 19.0 Å². The average molecular weight is 443 g/mol. The normalized spacial score (nSPS) is 14.1. The van der Waals surface area contributed by atoms with Gasteiger partial charge >= 0.3 is 11.9 Å². The highest BCUT2D eigenvalue weighted by Gasteiger charge is 2.33. The molecule has 0 bridgehead atoms. The van der Waals surface area contributed by atoms with Crippen LogP contribution in [0.25, 0.3) is 16.7 Å². The van der Waals surface area contributed by atoms with Crippen molar-refractivity contribution < 1.29 is 23.8 Å². The van der Waals surface area contributed by atoms with E-state index in [-0.39, 0.29) is 24.6 Å². The fourth-order valence-electron chi connectivity index (χ4n) is 3.37. The number of halogens is 1. The number of rotatable bonds is 4. The first-order valence-corrected chi connectivity index (χ1v) is 9.69. The van der Waals surface area contributed by atoms with Crippen molar-refractivity contribution in [2.45, 2.75) is 6.92 Å². The number of methoxy groups -OCH3 is 2. The lowest BCUT2D eigenvalue weighted by molar-refractivity contribution is -0.140. The van der Waals surface area contributed by atoms with Crippen molar-refractivity contribution in [1.82, 2.24) is 15.0 Å². The monoisotopic (exact) mass is 442 g/mol. The van der Waals surface area contributed by atoms with Gasteiger partial charge in [0.1, 0.15) is 23.5 Å². The summed E-state index contributed by atoms with van der Waals surface area (Å²) >= 11 is 5.96. The van der Waals surface area contributed by atoms with Crippen LogP contribution in [0.3, 0.4) is 0 Å². The van der Waals surface area contributed by atoms with Crippen molar-refractivity contribution >= 4 is 40.3 Å². The molecule has 2 heterocycles. The molecule has 31 heavy (non-hydrogen) atoms. The zero-order chi connectivity index (χ0) is 22.1. The lowest BCUT2D eigenvalue weighted by Crippen LogP contribution is -2.39. The minimum atomic E-state index is -0.659. The third-order valence-electron chi connectivity index (χ3n) is 4.88. The predicted octanol–water partition coefficient (Wildman–Crippen LogP) is 2.78. The van der Waals surface area contributed by atoms with Crippen LogP contribution in [0.1, 0.15) is 5.56 Å². The van der Waals surface area contributed by atoms with Gasteiger partial charge in [0.15, 0.2) is 0 Å². The van der Waals surface area contributed by atoms with Gasteiger partial charge in [0, 0.05) is 10.7 Å². The van der Waals surface area contributed by atoms with E-state index in [9.17, 15) is 9.59 Å². The largest absolute Gasteiger partial charge is 0.466 e. The first kappa shape index (κ1) is 20.8. The zero-order valence-electron chi connectivity index (χ0n) is 17.1. The highest BCUT2D eigenvalue weighted by molar-refractivity contribution is 6.30. The predicted molar refractivity (Wildman–Crippen MR) is 113 cm³/mol. The molecule has 0 unspecified atom stereocenters. The highest BCUT2D eigenvalue weighted by Crippen LogP contribution is 2.32. The first-order chi connectivity index (χ1) is 14.9. The Labute approximate surface area is 182 Å². The molecular formula is C21H19ClN4O5. The van der Waals surface area contributed by atoms with E-state index >= 15 is 0 Å². The summed E-state index contributed by atoms with van der Waals surface area (Å²) in [6, 6.07) is 10.8. The molecule has 4 rings (SSSR count). The Kier molecular flexibility index (Phi) is 5.62. The van der Waals surface area contributed by atoms with Crippen LogP contribution in [-0.2, 0) is 23.8 Å². The van der Waals surface area contributed by atoms with Crippen molar-refractivity contribution in [3.05, 3.63) is 58.3 Å². The molecule has 0 saturated carbocycles. The van der Waals surface area contributed by atoms with E-state index in [0.29, 0.717) is 21.7 Å². The summed E-state index contributed by atoms with van der Waals surface area (Å²) in [5, 5.41) is 9.68. The minimum absolute atomic E-state index is 0.0539. The Morgan fingerprint density at radius 3 is 2.32 bits per heavy atom. The number of ether oxygens (including phenoxy) is 3. The van der Waals surface area contributed by atoms with Gasteiger partial charge in [0.05, 0.1) is 32.1 Å². The molecule has 0 N–H and O–H groups in total. The molecule has 0 fully saturated rings. The standard InChI is InChI=1S/C21H19ClN4O5/c1-12-8-16-17(24-26(23-16)14-6-4-13(22)5-7-14)9-18(12)25-11-31-10-15(20(27)29-2)19(25)21(28)30-3/h4-9H,10-11H2,1-3H3. The molecule has 9 nitrogen and oxygen atoms in total. The van der Waals surface area contributed by atoms with Crippen molar-refractivity contribution in [3.8, 4) is 5.69 Å². The van der Waals surface area contributed by atoms with Gasteiger partial charge in [-0.25, -0.2) is 9.59 Å². The number of carbonyl (C=O) groups is 2. The lowest BCUT2D eigenvalue weighted by atomic mass is 10.1. The van der Waals surface area contributed by atoms with Crippen LogP contribution >= 0.6 is 11.6 Å². The molecular weight excluding hydrogens is 424 g/mol. The number of aryl methyl sites for hydroxylation is 1. The molecule has 0 saturated heterocycles. The second-order valence-electron chi connectivity index (χ2n) is 6.81. The van der Waals surface area contributed by atoms with Gasteiger partial charge in [-0.2, -0.15) is 4.80 Å². The van der Waals surface area contributed by atoms with Gasteiger partial charge < -0.3 is 19.1 Å². The van der Waals surface area contributed by atoms with Crippen LogP contribution in [0, 0.1) is 6.92 Å². The average Bonchev–Trinajstić information content (AvgIpc) is 3.20. The molecule has 1 aliphatic heterocycles. The van der Waals surface area contributed by atoms with Crippen LogP contribution < -0.4 is 4.90 Å². The van der Waals surface area contributed by atoms with Crippen LogP contribution in [0.4, 0.5) is 5.69 Å². The van der Waals surface area contributed by atoms with Crippen LogP contribution in [0.15, 0.2) is 47.7 Å². The van der Waals surface area contributed by atoms with E-state index in [2.05, 4.69) is 10.2 Å². The maximum atomic E-state index is 12.5. The molecule has 1 aliphatic rings. The molecule has 3 aromatic rings. The van der Waals surface area contributed by atoms with Gasteiger partial charge in [-0.1, -0.05) is 11.6 Å². The quantitative estimate of drug-likeness (QED) is 0.569. The number of carbonyl (C=O) groups excluding carboxylic acids is 2. The minimum Gasteiger partial charge on any atom is -0.466 e. The lowest BCUT2D eigenvalue weighted by Gasteiger charge is -2.32. The molecule has 0 spiro atoms. The van der Waals surface area contributed by atoms with E-state index in [1.807, 2.05) is 25.1 Å². The van der Waals surface area contributed by atoms with Crippen molar-refractivity contribution in [1.29, 1.82) is 0 Å². The Balaban J connectivity index is 1.82. The Morgan fingerprint density at radius 2 is 1.68 bits per heavy atom. The molecule has 0 radical (unpaired) electrons. The van der Waals surface area contributed by atoms with Gasteiger partial charge in [-0.05, 0) is 48.9 Å². The van der Waals surface area contributed by atoms with Crippen molar-refractivity contribution in [2.24, 2.45) is 0 Å². The topological polar surface area (TPSA) is 95.8 Å². The summed E-state index contributed by atoms with van der Waals surface area (Å²) in [6.45, 7) is 1.88. The number of anilines is 1. The molecule has 0 aliphatic carbocycles. The molecule has 1 aromatic heterocycles. The summed E-state index contributed by atoms with van der Waals surface area (Å²) in [4.78, 5) is 27.9. The van der Waals surface area contributed by atoms with Gasteiger partial charge in [0.2, 0.25) is 0 Å². The van der Waals surface area contributed by atoms with E-state index in [0.717, 1.165) is 11.3 Å². The van der Waals surface area contributed by atoms with Crippen LogP contribution in [0.2, 0.25) is 5.02 Å². The van der Waals surface area contributed by atoms with E-state index in [4.69, 9.17) is 25.8 Å². The van der Waals surface area contributed by atoms with E-state index < -0.39 is 11.9 Å². The Hall–Kier alpha value is -3.43. The third-order valence-corrected chi connectivity index (χ3v) is 5.13. The summed E-state index contributed by atoms with van der Waals surface area (Å²) < 4.78 is 15.3. The number of nitrogens with zero attached hydrogens (tertiary/aromatic N) is 4. The number of hydrogen-bond acceptors (Lipinski definition) is 8. The number of esters is 2. The Morgan fingerprint density at radius 1 is 1.03 bits per heavy atom. The SMILES string of the molecule is COC(=O)C1=C(C(=O)OC)N(c2cc3nn(-c4ccc(Cl)cc4)nc3cc2C)COC1. The highest BCUT2D eigenvalue weighted by atomic mass is 35.5. The maximum Gasteiger partial charge on any atom is 0.355 e. The summed E-state index contributed by atoms with van der Waals surface area (Å²) in [5.41, 5.74) is 3.64. The summed E-state index contributed by atoms with van der Waals surface area (Å²) in [5.74, 6) is -1.31. The summed E-state index contributed by atoms with van der Waals surface area (Å²) in [7, 11) is 2.50. The van der Waals surface area contributed by atoms with E-state index in [1.54, 1.807) is 23.1 Å². The molecule has 10 heteroatoms. The molecule has 160 valence electrons. The van der Waals surface area contributed by atoms with Crippen molar-refractivity contribution in [2.75, 3.05) is 32.5 Å². The molecule has 2 aromatic carbocycles. The zero-order valence-corrected chi connectivity index (χ0v) is 17.8. The van der Waals surface area contributed by atoms with Gasteiger partial charge in [-0.15, -0.1) is 10.2 Å². The molecule has 0 amide bonds. The number of hydrogen-bond donors (Lipinski definition) is 0. The van der Waals surface area contributed by atoms with Crippen LogP contribution in [-0.4, -0.2) is 54.5 Å². The summed E-state index contributed by atoms with van der Waals surface area (Å²) in [6.07, 6.45) is 0. The fourth-order valence-corrected chi connectivity index (χ4v) is 3.50. The van der Waals surface area contributed by atoms with Crippen LogP contribution in [0.5, 0.6) is 0 Å². The van der Waals surface area contributed by atoms with Gasteiger partial charge in [-0.3, -0.25) is 0 Å². The smallest absolute Gasteiger partial charge is 0.355 e. The number of benzene rings is 2. The molecule has 0 atom stereocenters. The number of fused-ring (bicyclic) bond motifs is 1. The van der Waals surface area contributed by atoms with Crippen molar-refractivity contribution in [3.63, 3.8) is 0 Å².